The van der Waals surface area contributed by atoms with Crippen LogP contribution in [0.5, 0.6) is 11.5 Å². The number of halogens is 1. The molecular weight excluding hydrogens is 593 g/mol. The number of anilines is 4. The molecule has 0 aliphatic carbocycles. The zero-order valence-electron chi connectivity index (χ0n) is 27.0. The number of carboxylic acid groups (broad SMARTS) is 1. The van der Waals surface area contributed by atoms with E-state index in [-0.39, 0.29) is 35.2 Å². The van der Waals surface area contributed by atoms with Crippen LogP contribution in [-0.4, -0.2) is 96.4 Å². The third-order valence-electron chi connectivity index (χ3n) is 7.87. The number of methoxy groups -OCH3 is 1. The SMILES string of the molecule is CCC(C)NC(=O)CCc1ccc(N(C(=O)O)c2ccnc(Nc3ccc(OCCCN4CCN(C)CC4)c(F)c3)n2)c(OC)c1. The topological polar surface area (TPSA) is 132 Å². The summed E-state index contributed by atoms with van der Waals surface area (Å²) in [6, 6.07) is 11.1. The van der Waals surface area contributed by atoms with Gasteiger partial charge < -0.3 is 35.0 Å². The Bertz CT molecular complexity index is 1470. The van der Waals surface area contributed by atoms with Crippen LogP contribution < -0.4 is 25.0 Å². The molecule has 1 aliphatic rings. The summed E-state index contributed by atoms with van der Waals surface area (Å²) in [5.41, 5.74) is 1.44. The van der Waals surface area contributed by atoms with Gasteiger partial charge in [-0.2, -0.15) is 4.98 Å². The molecule has 2 amide bonds. The molecule has 4 rings (SSSR count). The molecule has 0 bridgehead atoms. The lowest BCUT2D eigenvalue weighted by Gasteiger charge is -2.32. The minimum atomic E-state index is -1.29. The number of nitrogens with one attached hydrogen (secondary N) is 2. The maximum Gasteiger partial charge on any atom is 0.417 e. The molecule has 1 saturated heterocycles. The van der Waals surface area contributed by atoms with E-state index in [0.717, 1.165) is 56.0 Å². The van der Waals surface area contributed by atoms with Crippen molar-refractivity contribution < 1.29 is 28.6 Å². The summed E-state index contributed by atoms with van der Waals surface area (Å²) in [6.45, 7) is 9.42. The number of aryl methyl sites for hydroxylation is 1. The maximum absolute atomic E-state index is 14.9. The van der Waals surface area contributed by atoms with Gasteiger partial charge in [-0.3, -0.25) is 4.79 Å². The van der Waals surface area contributed by atoms with Crippen molar-refractivity contribution in [3.05, 3.63) is 60.0 Å². The third-order valence-corrected chi connectivity index (χ3v) is 7.87. The van der Waals surface area contributed by atoms with Crippen LogP contribution in [0.4, 0.5) is 32.3 Å². The molecule has 1 atom stereocenters. The van der Waals surface area contributed by atoms with E-state index in [9.17, 15) is 19.1 Å². The van der Waals surface area contributed by atoms with E-state index in [1.165, 1.54) is 25.4 Å². The Morgan fingerprint density at radius 1 is 1.11 bits per heavy atom. The summed E-state index contributed by atoms with van der Waals surface area (Å²) in [6.07, 6.45) is 2.52. The van der Waals surface area contributed by atoms with Gasteiger partial charge in [0.25, 0.3) is 0 Å². The van der Waals surface area contributed by atoms with Gasteiger partial charge in [0.2, 0.25) is 11.9 Å². The molecule has 3 N–H and O–H groups in total. The van der Waals surface area contributed by atoms with Gasteiger partial charge in [-0.15, -0.1) is 0 Å². The first-order valence-electron chi connectivity index (χ1n) is 15.6. The van der Waals surface area contributed by atoms with Crippen LogP contribution in [0.1, 0.15) is 38.7 Å². The number of aromatic nitrogens is 2. The van der Waals surface area contributed by atoms with E-state index in [0.29, 0.717) is 30.9 Å². The predicted molar refractivity (Wildman–Crippen MR) is 175 cm³/mol. The van der Waals surface area contributed by atoms with Crippen LogP contribution in [0.15, 0.2) is 48.7 Å². The van der Waals surface area contributed by atoms with E-state index < -0.39 is 11.9 Å². The summed E-state index contributed by atoms with van der Waals surface area (Å²) >= 11 is 0. The smallest absolute Gasteiger partial charge is 0.417 e. The molecule has 0 radical (unpaired) electrons. The van der Waals surface area contributed by atoms with Gasteiger partial charge in [-0.25, -0.2) is 19.1 Å². The lowest BCUT2D eigenvalue weighted by atomic mass is 10.1. The Hall–Kier alpha value is -4.49. The van der Waals surface area contributed by atoms with Gasteiger partial charge in [-0.05, 0) is 63.1 Å². The molecule has 0 spiro atoms. The Morgan fingerprint density at radius 2 is 1.89 bits per heavy atom. The Kier molecular flexibility index (Phi) is 12.5. The number of benzene rings is 2. The first-order chi connectivity index (χ1) is 22.2. The van der Waals surface area contributed by atoms with Crippen molar-refractivity contribution in [2.24, 2.45) is 0 Å². The Labute approximate surface area is 269 Å². The van der Waals surface area contributed by atoms with Crippen molar-refractivity contribution >= 4 is 35.1 Å². The maximum atomic E-state index is 14.9. The highest BCUT2D eigenvalue weighted by molar-refractivity contribution is 5.95. The molecule has 46 heavy (non-hydrogen) atoms. The number of amides is 2. The first-order valence-corrected chi connectivity index (χ1v) is 15.6. The molecule has 2 aromatic carbocycles. The van der Waals surface area contributed by atoms with E-state index in [4.69, 9.17) is 9.47 Å². The fourth-order valence-electron chi connectivity index (χ4n) is 4.99. The fraction of sp³-hybridized carbons (Fsp3) is 0.455. The first kappa shape index (κ1) is 34.4. The van der Waals surface area contributed by atoms with Gasteiger partial charge in [0.1, 0.15) is 11.6 Å². The van der Waals surface area contributed by atoms with E-state index in [1.54, 1.807) is 30.3 Å². The van der Waals surface area contributed by atoms with Crippen LogP contribution in [0.3, 0.4) is 0 Å². The second-order valence-corrected chi connectivity index (χ2v) is 11.4. The van der Waals surface area contributed by atoms with Crippen molar-refractivity contribution in [3.63, 3.8) is 0 Å². The average Bonchev–Trinajstić information content (AvgIpc) is 3.04. The number of nitrogens with zero attached hydrogens (tertiary/aromatic N) is 5. The van der Waals surface area contributed by atoms with Crippen molar-refractivity contribution in [1.29, 1.82) is 0 Å². The quantitative estimate of drug-likeness (QED) is 0.195. The van der Waals surface area contributed by atoms with Crippen LogP contribution in [-0.2, 0) is 11.2 Å². The van der Waals surface area contributed by atoms with Crippen LogP contribution in [0.25, 0.3) is 0 Å². The number of hydrogen-bond acceptors (Lipinski definition) is 9. The second-order valence-electron chi connectivity index (χ2n) is 11.4. The van der Waals surface area contributed by atoms with E-state index in [1.807, 2.05) is 13.8 Å². The van der Waals surface area contributed by atoms with E-state index >= 15 is 0 Å². The van der Waals surface area contributed by atoms with Crippen molar-refractivity contribution in [1.82, 2.24) is 25.1 Å². The molecule has 1 aromatic heterocycles. The largest absolute Gasteiger partial charge is 0.495 e. The Morgan fingerprint density at radius 3 is 2.59 bits per heavy atom. The molecule has 0 saturated carbocycles. The van der Waals surface area contributed by atoms with Gasteiger partial charge in [0, 0.05) is 69.2 Å². The summed E-state index contributed by atoms with van der Waals surface area (Å²) in [4.78, 5) is 38.9. The fourth-order valence-corrected chi connectivity index (χ4v) is 4.99. The molecule has 12 nitrogen and oxygen atoms in total. The van der Waals surface area contributed by atoms with Gasteiger partial charge in [0.15, 0.2) is 11.6 Å². The number of rotatable bonds is 15. The number of carbonyl (C=O) groups is 2. The molecule has 248 valence electrons. The third kappa shape index (κ3) is 9.75. The molecule has 3 aromatic rings. The minimum Gasteiger partial charge on any atom is -0.495 e. The zero-order chi connectivity index (χ0) is 33.1. The van der Waals surface area contributed by atoms with Gasteiger partial charge >= 0.3 is 6.09 Å². The van der Waals surface area contributed by atoms with Crippen molar-refractivity contribution in [2.45, 2.75) is 45.6 Å². The normalized spacial score (nSPS) is 14.4. The van der Waals surface area contributed by atoms with Crippen molar-refractivity contribution in [3.8, 4) is 11.5 Å². The minimum absolute atomic E-state index is 0.0515. The second kappa shape index (κ2) is 16.7. The summed E-state index contributed by atoms with van der Waals surface area (Å²) in [5.74, 6) is 0.00924. The highest BCUT2D eigenvalue weighted by Crippen LogP contribution is 2.35. The Balaban J connectivity index is 1.39. The number of ether oxygens (including phenoxy) is 2. The van der Waals surface area contributed by atoms with Crippen molar-refractivity contribution in [2.75, 3.05) is 63.7 Å². The molecule has 2 heterocycles. The lowest BCUT2D eigenvalue weighted by Crippen LogP contribution is -2.44. The predicted octanol–water partition coefficient (Wildman–Crippen LogP) is 5.05. The van der Waals surface area contributed by atoms with Crippen LogP contribution >= 0.6 is 0 Å². The zero-order valence-corrected chi connectivity index (χ0v) is 27.0. The highest BCUT2D eigenvalue weighted by atomic mass is 19.1. The molecule has 13 heteroatoms. The summed E-state index contributed by atoms with van der Waals surface area (Å²) < 4.78 is 26.1. The summed E-state index contributed by atoms with van der Waals surface area (Å²) in [5, 5.41) is 16.0. The number of piperazine rings is 1. The number of hydrogen-bond donors (Lipinski definition) is 3. The molecule has 1 aliphatic heterocycles. The lowest BCUT2D eigenvalue weighted by molar-refractivity contribution is -0.121. The number of carbonyl (C=O) groups excluding carboxylic acids is 1. The average molecular weight is 638 g/mol. The molecular formula is C33H44FN7O5. The van der Waals surface area contributed by atoms with Gasteiger partial charge in [-0.1, -0.05) is 13.0 Å². The summed E-state index contributed by atoms with van der Waals surface area (Å²) in [7, 11) is 3.56. The van der Waals surface area contributed by atoms with Crippen LogP contribution in [0, 0.1) is 5.82 Å². The molecule has 1 unspecified atom stereocenters. The number of likely N-dealkylation sites (N-methyl/N-ethyl adjacent to an activating group) is 1. The highest BCUT2D eigenvalue weighted by Gasteiger charge is 2.23. The van der Waals surface area contributed by atoms with E-state index in [2.05, 4.69) is 37.4 Å². The molecule has 1 fully saturated rings. The van der Waals surface area contributed by atoms with Gasteiger partial charge in [0.05, 0.1) is 19.4 Å². The monoisotopic (exact) mass is 637 g/mol. The standard InChI is InChI=1S/C33H44FN7O5/c1-5-23(2)36-31(42)12-8-24-7-10-27(29(21-24)45-4)41(33(43)44)30-13-14-35-32(38-30)37-25-9-11-28(26(34)22-25)46-20-6-15-40-18-16-39(3)17-19-40/h7,9-11,13-14,21-23H,5-6,8,12,15-20H2,1-4H3,(H,36,42)(H,43,44)(H,35,37,38). The van der Waals surface area contributed by atoms with Crippen LogP contribution in [0.2, 0.25) is 0 Å².